The van der Waals surface area contributed by atoms with Gasteiger partial charge in [0.15, 0.2) is 0 Å². The lowest BCUT2D eigenvalue weighted by Crippen LogP contribution is -2.05. The van der Waals surface area contributed by atoms with Crippen LogP contribution in [0.2, 0.25) is 0 Å². The van der Waals surface area contributed by atoms with Crippen LogP contribution in [0.4, 0.5) is 0 Å². The lowest BCUT2D eigenvalue weighted by Gasteiger charge is -2.14. The number of aliphatic hydroxyl groups excluding tert-OH is 1. The number of hydrogen-bond acceptors (Lipinski definition) is 2. The molecule has 0 fully saturated rings. The summed E-state index contributed by atoms with van der Waals surface area (Å²) in [4.78, 5) is 0. The van der Waals surface area contributed by atoms with E-state index in [2.05, 4.69) is 38.8 Å². The second kappa shape index (κ2) is 5.51. The summed E-state index contributed by atoms with van der Waals surface area (Å²) >= 11 is 6.94. The second-order valence-corrected chi connectivity index (χ2v) is 6.84. The van der Waals surface area contributed by atoms with Crippen molar-refractivity contribution in [3.8, 4) is 5.75 Å². The third-order valence-corrected chi connectivity index (χ3v) is 4.70. The number of ether oxygens (including phenoxy) is 1. The van der Waals surface area contributed by atoms with Gasteiger partial charge in [-0.3, -0.25) is 0 Å². The van der Waals surface area contributed by atoms with E-state index in [1.54, 1.807) is 0 Å². The fourth-order valence-electron chi connectivity index (χ4n) is 2.52. The molecule has 3 rings (SSSR count). The zero-order chi connectivity index (χ0) is 14.3. The summed E-state index contributed by atoms with van der Waals surface area (Å²) in [5, 5.41) is 10.6. The summed E-state index contributed by atoms with van der Waals surface area (Å²) in [6.45, 7) is 2.06. The normalized spacial score (nSPS) is 18.5. The van der Waals surface area contributed by atoms with Gasteiger partial charge in [0.05, 0.1) is 0 Å². The maximum Gasteiger partial charge on any atom is 0.123 e. The fourth-order valence-corrected chi connectivity index (χ4v) is 3.36. The van der Waals surface area contributed by atoms with E-state index in [-0.39, 0.29) is 6.10 Å². The highest BCUT2D eigenvalue weighted by Gasteiger charge is 2.21. The Morgan fingerprint density at radius 1 is 1.20 bits per heavy atom. The molecule has 2 unspecified atom stereocenters. The third kappa shape index (κ3) is 2.65. The maximum atomic E-state index is 10.6. The van der Waals surface area contributed by atoms with Gasteiger partial charge in [0.2, 0.25) is 0 Å². The van der Waals surface area contributed by atoms with Crippen molar-refractivity contribution >= 4 is 31.9 Å². The van der Waals surface area contributed by atoms with Gasteiger partial charge in [0.25, 0.3) is 0 Å². The van der Waals surface area contributed by atoms with Crippen LogP contribution < -0.4 is 4.74 Å². The summed E-state index contributed by atoms with van der Waals surface area (Å²) in [6.07, 6.45) is 0.466. The van der Waals surface area contributed by atoms with E-state index < -0.39 is 6.10 Å². The highest BCUT2D eigenvalue weighted by Crippen LogP contribution is 2.35. The van der Waals surface area contributed by atoms with Crippen molar-refractivity contribution in [2.24, 2.45) is 0 Å². The summed E-state index contributed by atoms with van der Waals surface area (Å²) in [5.74, 6) is 0.932. The minimum Gasteiger partial charge on any atom is -0.490 e. The fraction of sp³-hybridized carbons (Fsp3) is 0.250. The standard InChI is InChI=1S/C16H14Br2O2/c1-9-6-11-7-10(2-5-15(11)20-9)16(19)13-8-12(17)3-4-14(13)18/h2-5,7-9,16,19H,6H2,1H3. The van der Waals surface area contributed by atoms with Crippen LogP contribution in [-0.2, 0) is 6.42 Å². The van der Waals surface area contributed by atoms with E-state index in [9.17, 15) is 5.11 Å². The molecule has 20 heavy (non-hydrogen) atoms. The van der Waals surface area contributed by atoms with Gasteiger partial charge < -0.3 is 9.84 Å². The maximum absolute atomic E-state index is 10.6. The molecule has 0 bridgehead atoms. The average molecular weight is 398 g/mol. The van der Waals surface area contributed by atoms with Gasteiger partial charge in [-0.15, -0.1) is 0 Å². The second-order valence-electron chi connectivity index (χ2n) is 5.07. The topological polar surface area (TPSA) is 29.5 Å². The molecule has 2 atom stereocenters. The molecule has 2 aromatic rings. The minimum atomic E-state index is -0.650. The molecule has 4 heteroatoms. The summed E-state index contributed by atoms with van der Waals surface area (Å²) < 4.78 is 7.54. The Morgan fingerprint density at radius 3 is 2.80 bits per heavy atom. The van der Waals surface area contributed by atoms with Gasteiger partial charge in [-0.05, 0) is 48.4 Å². The van der Waals surface area contributed by atoms with Gasteiger partial charge in [-0.1, -0.05) is 37.9 Å². The zero-order valence-electron chi connectivity index (χ0n) is 10.9. The number of hydrogen-bond donors (Lipinski definition) is 1. The molecule has 0 spiro atoms. The highest BCUT2D eigenvalue weighted by molar-refractivity contribution is 9.11. The molecule has 1 N–H and O–H groups in total. The number of fused-ring (bicyclic) bond motifs is 1. The average Bonchev–Trinajstić information content (AvgIpc) is 2.79. The van der Waals surface area contributed by atoms with Crippen LogP contribution in [0.5, 0.6) is 5.75 Å². The molecule has 1 aliphatic rings. The van der Waals surface area contributed by atoms with E-state index >= 15 is 0 Å². The van der Waals surface area contributed by atoms with Gasteiger partial charge in [-0.2, -0.15) is 0 Å². The van der Waals surface area contributed by atoms with E-state index in [4.69, 9.17) is 4.74 Å². The van der Waals surface area contributed by atoms with Crippen LogP contribution in [0.3, 0.4) is 0 Å². The first-order chi connectivity index (χ1) is 9.54. The predicted octanol–water partition coefficient (Wildman–Crippen LogP) is 4.62. The predicted molar refractivity (Wildman–Crippen MR) is 86.1 cm³/mol. The van der Waals surface area contributed by atoms with E-state index in [1.807, 2.05) is 36.4 Å². The first-order valence-electron chi connectivity index (χ1n) is 6.47. The molecule has 0 amide bonds. The smallest absolute Gasteiger partial charge is 0.123 e. The Morgan fingerprint density at radius 2 is 2.00 bits per heavy atom. The Hall–Kier alpha value is -0.840. The van der Waals surface area contributed by atoms with Crippen LogP contribution in [-0.4, -0.2) is 11.2 Å². The van der Waals surface area contributed by atoms with Crippen LogP contribution >= 0.6 is 31.9 Å². The molecule has 0 aromatic heterocycles. The summed E-state index contributed by atoms with van der Waals surface area (Å²) in [5.41, 5.74) is 2.91. The Kier molecular flexibility index (Phi) is 3.89. The van der Waals surface area contributed by atoms with Gasteiger partial charge in [0.1, 0.15) is 18.0 Å². The highest BCUT2D eigenvalue weighted by atomic mass is 79.9. The van der Waals surface area contributed by atoms with Gasteiger partial charge in [0, 0.05) is 20.9 Å². The van der Waals surface area contributed by atoms with Crippen LogP contribution in [0.25, 0.3) is 0 Å². The summed E-state index contributed by atoms with van der Waals surface area (Å²) in [6, 6.07) is 11.7. The molecule has 1 aliphatic heterocycles. The van der Waals surface area contributed by atoms with E-state index in [0.717, 1.165) is 32.2 Å². The SMILES string of the molecule is CC1Cc2cc(C(O)c3cc(Br)ccc3Br)ccc2O1. The quantitative estimate of drug-likeness (QED) is 0.801. The lowest BCUT2D eigenvalue weighted by molar-refractivity contribution is 0.219. The first kappa shape index (κ1) is 14.1. The van der Waals surface area contributed by atoms with Gasteiger partial charge >= 0.3 is 0 Å². The van der Waals surface area contributed by atoms with Crippen molar-refractivity contribution < 1.29 is 9.84 Å². The third-order valence-electron chi connectivity index (χ3n) is 3.49. The number of benzene rings is 2. The number of rotatable bonds is 2. The van der Waals surface area contributed by atoms with Crippen LogP contribution in [0, 0.1) is 0 Å². The Balaban J connectivity index is 1.97. The zero-order valence-corrected chi connectivity index (χ0v) is 14.1. The molecule has 0 saturated carbocycles. The number of aliphatic hydroxyl groups is 1. The molecule has 104 valence electrons. The van der Waals surface area contributed by atoms with Gasteiger partial charge in [-0.25, -0.2) is 0 Å². The van der Waals surface area contributed by atoms with Crippen LogP contribution in [0.15, 0.2) is 45.3 Å². The first-order valence-corrected chi connectivity index (χ1v) is 8.05. The van der Waals surface area contributed by atoms with Crippen molar-refractivity contribution in [3.05, 3.63) is 62.0 Å². The van der Waals surface area contributed by atoms with Crippen molar-refractivity contribution in [1.29, 1.82) is 0 Å². The van der Waals surface area contributed by atoms with Crippen molar-refractivity contribution in [2.45, 2.75) is 25.6 Å². The molecule has 0 radical (unpaired) electrons. The monoisotopic (exact) mass is 396 g/mol. The minimum absolute atomic E-state index is 0.218. The molecule has 0 saturated heterocycles. The number of halogens is 2. The molecule has 1 heterocycles. The van der Waals surface area contributed by atoms with Crippen molar-refractivity contribution in [1.82, 2.24) is 0 Å². The molecular formula is C16H14Br2O2. The molecule has 2 aromatic carbocycles. The van der Waals surface area contributed by atoms with E-state index in [1.165, 1.54) is 5.56 Å². The Labute approximate surface area is 135 Å². The molecular weight excluding hydrogens is 384 g/mol. The van der Waals surface area contributed by atoms with Crippen molar-refractivity contribution in [2.75, 3.05) is 0 Å². The lowest BCUT2D eigenvalue weighted by atomic mass is 9.98. The summed E-state index contributed by atoms with van der Waals surface area (Å²) in [7, 11) is 0. The van der Waals surface area contributed by atoms with Crippen LogP contribution in [0.1, 0.15) is 29.7 Å². The molecule has 0 aliphatic carbocycles. The Bertz CT molecular complexity index is 655. The van der Waals surface area contributed by atoms with Crippen molar-refractivity contribution in [3.63, 3.8) is 0 Å². The van der Waals surface area contributed by atoms with E-state index in [0.29, 0.717) is 0 Å². The molecule has 2 nitrogen and oxygen atoms in total. The largest absolute Gasteiger partial charge is 0.490 e.